The summed E-state index contributed by atoms with van der Waals surface area (Å²) in [6, 6.07) is 19.8. The molecule has 0 amide bonds. The molecular weight excluding hydrogens is 364 g/mol. The molecule has 29 heavy (non-hydrogen) atoms. The summed E-state index contributed by atoms with van der Waals surface area (Å²) in [6.45, 7) is 2.13. The number of nitrogens with zero attached hydrogens (tertiary/aromatic N) is 1. The number of methoxy groups -OCH3 is 1. The van der Waals surface area contributed by atoms with Crippen LogP contribution in [-0.4, -0.2) is 11.7 Å². The Hall–Kier alpha value is -3.47. The number of anilines is 1. The number of aromatic nitrogens is 1. The Bertz CT molecular complexity index is 1270. The highest BCUT2D eigenvalue weighted by Crippen LogP contribution is 2.44. The zero-order chi connectivity index (χ0) is 20.0. The normalized spacial score (nSPS) is 17.4. The minimum atomic E-state index is -0.676. The van der Waals surface area contributed by atoms with E-state index in [0.717, 1.165) is 35.3 Å². The molecule has 1 aliphatic heterocycles. The first-order valence-electron chi connectivity index (χ1n) is 9.84. The van der Waals surface area contributed by atoms with Crippen LogP contribution in [0, 0.1) is 0 Å². The van der Waals surface area contributed by atoms with Crippen LogP contribution in [0.15, 0.2) is 76.1 Å². The van der Waals surface area contributed by atoms with Gasteiger partial charge in [0.1, 0.15) is 5.54 Å². The maximum atomic E-state index is 13.3. The van der Waals surface area contributed by atoms with Gasteiger partial charge in [0, 0.05) is 11.6 Å². The van der Waals surface area contributed by atoms with Gasteiger partial charge < -0.3 is 19.0 Å². The van der Waals surface area contributed by atoms with Gasteiger partial charge in [-0.05, 0) is 42.8 Å². The van der Waals surface area contributed by atoms with Gasteiger partial charge in [0.05, 0.1) is 29.7 Å². The zero-order valence-electron chi connectivity index (χ0n) is 16.4. The Morgan fingerprint density at radius 3 is 2.79 bits per heavy atom. The highest BCUT2D eigenvalue weighted by molar-refractivity contribution is 5.83. The molecule has 3 heterocycles. The molecule has 0 bridgehead atoms. The van der Waals surface area contributed by atoms with Gasteiger partial charge in [0.2, 0.25) is 0 Å². The molecule has 146 valence electrons. The standard InChI is InChI=1S/C24H22N2O3/c1-3-13-24(17-15-16-8-6-11-20(28-2)22(16)29-23(17)27)21-12-7-14-26(21)19-10-5-4-9-18(19)25-24/h4-12,14-15,25H,3,13H2,1-2H3. The lowest BCUT2D eigenvalue weighted by molar-refractivity contribution is 0.402. The monoisotopic (exact) mass is 386 g/mol. The van der Waals surface area contributed by atoms with E-state index in [-0.39, 0.29) is 5.63 Å². The molecule has 1 atom stereocenters. The second-order valence-corrected chi connectivity index (χ2v) is 7.39. The van der Waals surface area contributed by atoms with Crippen molar-refractivity contribution >= 4 is 16.7 Å². The Balaban J connectivity index is 1.81. The van der Waals surface area contributed by atoms with Crippen LogP contribution in [0.3, 0.4) is 0 Å². The summed E-state index contributed by atoms with van der Waals surface area (Å²) in [5, 5.41) is 4.53. The fourth-order valence-electron chi connectivity index (χ4n) is 4.50. The first-order chi connectivity index (χ1) is 14.2. The van der Waals surface area contributed by atoms with Crippen molar-refractivity contribution in [3.05, 3.63) is 88.5 Å². The molecule has 2 aromatic carbocycles. The van der Waals surface area contributed by atoms with Crippen molar-refractivity contribution in [1.29, 1.82) is 0 Å². The van der Waals surface area contributed by atoms with Crippen LogP contribution < -0.4 is 15.7 Å². The third kappa shape index (κ3) is 2.50. The molecule has 5 heteroatoms. The molecule has 0 saturated carbocycles. The second kappa shape index (κ2) is 6.55. The summed E-state index contributed by atoms with van der Waals surface area (Å²) in [6.07, 6.45) is 3.70. The average Bonchev–Trinajstić information content (AvgIpc) is 3.24. The van der Waals surface area contributed by atoms with Gasteiger partial charge in [-0.25, -0.2) is 4.79 Å². The van der Waals surface area contributed by atoms with Gasteiger partial charge in [-0.1, -0.05) is 37.6 Å². The van der Waals surface area contributed by atoms with Crippen molar-refractivity contribution in [1.82, 2.24) is 4.57 Å². The van der Waals surface area contributed by atoms with E-state index in [0.29, 0.717) is 16.9 Å². The highest BCUT2D eigenvalue weighted by atomic mass is 16.5. The molecule has 1 aliphatic rings. The highest BCUT2D eigenvalue weighted by Gasteiger charge is 2.42. The first-order valence-corrected chi connectivity index (χ1v) is 9.84. The fourth-order valence-corrected chi connectivity index (χ4v) is 4.50. The van der Waals surface area contributed by atoms with Gasteiger partial charge in [0.25, 0.3) is 0 Å². The maximum absolute atomic E-state index is 13.3. The molecule has 0 saturated heterocycles. The lowest BCUT2D eigenvalue weighted by Gasteiger charge is -2.40. The minimum Gasteiger partial charge on any atom is -0.493 e. The quantitative estimate of drug-likeness (QED) is 0.498. The third-order valence-corrected chi connectivity index (χ3v) is 5.73. The fraction of sp³-hybridized carbons (Fsp3) is 0.208. The SMILES string of the molecule is CCCC1(c2cc3cccc(OC)c3oc2=O)Nc2ccccc2-n2cccc21. The predicted molar refractivity (Wildman–Crippen MR) is 114 cm³/mol. The minimum absolute atomic E-state index is 0.352. The van der Waals surface area contributed by atoms with Crippen molar-refractivity contribution < 1.29 is 9.15 Å². The van der Waals surface area contributed by atoms with E-state index in [1.165, 1.54) is 0 Å². The van der Waals surface area contributed by atoms with Crippen molar-refractivity contribution in [2.24, 2.45) is 0 Å². The maximum Gasteiger partial charge on any atom is 0.342 e. The summed E-state index contributed by atoms with van der Waals surface area (Å²) in [7, 11) is 1.58. The average molecular weight is 386 g/mol. The molecule has 4 aromatic rings. The van der Waals surface area contributed by atoms with E-state index in [2.05, 4.69) is 28.9 Å². The van der Waals surface area contributed by atoms with Crippen LogP contribution in [0.4, 0.5) is 5.69 Å². The lowest BCUT2D eigenvalue weighted by atomic mass is 9.81. The smallest absolute Gasteiger partial charge is 0.342 e. The molecule has 1 unspecified atom stereocenters. The van der Waals surface area contributed by atoms with Crippen LogP contribution in [0.1, 0.15) is 31.0 Å². The first kappa shape index (κ1) is 17.6. The summed E-state index contributed by atoms with van der Waals surface area (Å²) in [5.74, 6) is 0.556. The van der Waals surface area contributed by atoms with Crippen molar-refractivity contribution in [2.75, 3.05) is 12.4 Å². The summed E-state index contributed by atoms with van der Waals surface area (Å²) in [4.78, 5) is 13.3. The third-order valence-electron chi connectivity index (χ3n) is 5.73. The molecular formula is C24H22N2O3. The molecule has 0 radical (unpaired) electrons. The van der Waals surface area contributed by atoms with Crippen molar-refractivity contribution in [2.45, 2.75) is 25.3 Å². The number of rotatable bonds is 4. The predicted octanol–water partition coefficient (Wildman–Crippen LogP) is 5.06. The van der Waals surface area contributed by atoms with Crippen molar-refractivity contribution in [3.63, 3.8) is 0 Å². The van der Waals surface area contributed by atoms with E-state index in [9.17, 15) is 4.79 Å². The Morgan fingerprint density at radius 2 is 1.97 bits per heavy atom. The van der Waals surface area contributed by atoms with Gasteiger partial charge in [0.15, 0.2) is 11.3 Å². The number of hydrogen-bond donors (Lipinski definition) is 1. The number of hydrogen-bond acceptors (Lipinski definition) is 4. The summed E-state index contributed by atoms with van der Waals surface area (Å²) >= 11 is 0. The van der Waals surface area contributed by atoms with Gasteiger partial charge >= 0.3 is 5.63 Å². The molecule has 0 fully saturated rings. The van der Waals surface area contributed by atoms with Crippen LogP contribution in [0.5, 0.6) is 5.75 Å². The Kier molecular flexibility index (Phi) is 3.98. The zero-order valence-corrected chi connectivity index (χ0v) is 16.4. The largest absolute Gasteiger partial charge is 0.493 e. The van der Waals surface area contributed by atoms with E-state index >= 15 is 0 Å². The molecule has 2 aromatic heterocycles. The van der Waals surface area contributed by atoms with E-state index in [1.807, 2.05) is 48.7 Å². The number of fused-ring (bicyclic) bond motifs is 4. The van der Waals surface area contributed by atoms with Crippen LogP contribution in [0.25, 0.3) is 16.7 Å². The summed E-state index contributed by atoms with van der Waals surface area (Å²) in [5.41, 5.74) is 3.16. The second-order valence-electron chi connectivity index (χ2n) is 7.39. The van der Waals surface area contributed by atoms with Crippen LogP contribution in [-0.2, 0) is 5.54 Å². The molecule has 5 nitrogen and oxygen atoms in total. The van der Waals surface area contributed by atoms with Gasteiger partial charge in [-0.2, -0.15) is 0 Å². The van der Waals surface area contributed by atoms with Crippen molar-refractivity contribution in [3.8, 4) is 11.4 Å². The van der Waals surface area contributed by atoms with E-state index < -0.39 is 5.54 Å². The van der Waals surface area contributed by atoms with E-state index in [4.69, 9.17) is 9.15 Å². The number of nitrogens with one attached hydrogen (secondary N) is 1. The Labute approximate surface area is 168 Å². The summed E-state index contributed by atoms with van der Waals surface area (Å²) < 4.78 is 13.3. The van der Waals surface area contributed by atoms with Gasteiger partial charge in [-0.15, -0.1) is 0 Å². The molecule has 0 spiro atoms. The van der Waals surface area contributed by atoms with Crippen LogP contribution in [0.2, 0.25) is 0 Å². The van der Waals surface area contributed by atoms with Gasteiger partial charge in [-0.3, -0.25) is 0 Å². The molecule has 5 rings (SSSR count). The number of benzene rings is 2. The molecule has 1 N–H and O–H groups in total. The Morgan fingerprint density at radius 1 is 1.10 bits per heavy atom. The number of para-hydroxylation sites is 3. The molecule has 0 aliphatic carbocycles. The van der Waals surface area contributed by atoms with Crippen LogP contribution >= 0.6 is 0 Å². The number of ether oxygens (including phenoxy) is 1. The topological polar surface area (TPSA) is 56.4 Å². The van der Waals surface area contributed by atoms with E-state index in [1.54, 1.807) is 13.2 Å². The lowest BCUT2D eigenvalue weighted by Crippen LogP contribution is -2.44.